The first kappa shape index (κ1) is 18.1. The van der Waals surface area contributed by atoms with Crippen molar-refractivity contribution in [2.24, 2.45) is 0 Å². The van der Waals surface area contributed by atoms with E-state index in [1.54, 1.807) is 12.1 Å². The van der Waals surface area contributed by atoms with Gasteiger partial charge in [-0.15, -0.1) is 0 Å². The molecule has 2 aromatic heterocycles. The van der Waals surface area contributed by atoms with Crippen LogP contribution in [-0.2, 0) is 0 Å². The van der Waals surface area contributed by atoms with Crippen LogP contribution in [0.3, 0.4) is 0 Å². The molecule has 0 amide bonds. The molecule has 0 unspecified atom stereocenters. The van der Waals surface area contributed by atoms with Gasteiger partial charge in [-0.25, -0.2) is 9.78 Å². The molecule has 0 aliphatic rings. The molecule has 0 aliphatic carbocycles. The summed E-state index contributed by atoms with van der Waals surface area (Å²) >= 11 is 0. The molecule has 5 rings (SSSR count). The second-order valence-corrected chi connectivity index (χ2v) is 7.44. The number of aromatic nitrogens is 2. The van der Waals surface area contributed by atoms with Crippen molar-refractivity contribution in [2.75, 3.05) is 0 Å². The first-order valence-electron chi connectivity index (χ1n) is 9.62. The number of hydrogen-bond donors (Lipinski definition) is 1. The Labute approximate surface area is 172 Å². The summed E-state index contributed by atoms with van der Waals surface area (Å²) in [7, 11) is 0. The number of carboxylic acid groups (broad SMARTS) is 1. The molecule has 1 N–H and O–H groups in total. The second kappa shape index (κ2) is 6.81. The van der Waals surface area contributed by atoms with Gasteiger partial charge in [-0.2, -0.15) is 0 Å². The predicted molar refractivity (Wildman–Crippen MR) is 117 cm³/mol. The van der Waals surface area contributed by atoms with E-state index < -0.39 is 5.97 Å². The van der Waals surface area contributed by atoms with Crippen LogP contribution in [0.15, 0.2) is 71.3 Å². The van der Waals surface area contributed by atoms with Crippen molar-refractivity contribution in [3.63, 3.8) is 0 Å². The number of benzene rings is 3. The quantitative estimate of drug-likeness (QED) is 0.405. The monoisotopic (exact) mass is 394 g/mol. The fourth-order valence-electron chi connectivity index (χ4n) is 3.73. The fourth-order valence-corrected chi connectivity index (χ4v) is 3.73. The molecule has 5 aromatic rings. The number of fused-ring (bicyclic) bond motifs is 2. The average Bonchev–Trinajstić information content (AvgIpc) is 3.17. The number of carbonyl (C=O) groups is 1. The fraction of sp³-hybridized carbons (Fsp3) is 0.0800. The van der Waals surface area contributed by atoms with Crippen LogP contribution in [0.25, 0.3) is 44.4 Å². The summed E-state index contributed by atoms with van der Waals surface area (Å²) in [6, 6.07) is 21.0. The highest BCUT2D eigenvalue weighted by Crippen LogP contribution is 2.33. The second-order valence-electron chi connectivity index (χ2n) is 7.44. The molecule has 0 spiro atoms. The van der Waals surface area contributed by atoms with Gasteiger partial charge in [-0.1, -0.05) is 59.3 Å². The molecule has 146 valence electrons. The van der Waals surface area contributed by atoms with E-state index in [9.17, 15) is 9.90 Å². The van der Waals surface area contributed by atoms with Crippen LogP contribution in [0, 0.1) is 13.8 Å². The van der Waals surface area contributed by atoms with Gasteiger partial charge in [-0.05, 0) is 37.6 Å². The molecule has 2 heterocycles. The lowest BCUT2D eigenvalue weighted by Gasteiger charge is -2.09. The van der Waals surface area contributed by atoms with E-state index in [0.29, 0.717) is 22.4 Å². The van der Waals surface area contributed by atoms with E-state index in [2.05, 4.69) is 5.16 Å². The maximum Gasteiger partial charge on any atom is 0.336 e. The van der Waals surface area contributed by atoms with Gasteiger partial charge in [0.1, 0.15) is 5.52 Å². The Hall–Kier alpha value is -3.99. The summed E-state index contributed by atoms with van der Waals surface area (Å²) in [6.45, 7) is 3.97. The molecule has 5 nitrogen and oxygen atoms in total. The Kier molecular flexibility index (Phi) is 4.10. The van der Waals surface area contributed by atoms with Gasteiger partial charge in [0.2, 0.25) is 0 Å². The zero-order chi connectivity index (χ0) is 20.8. The molecule has 3 aromatic carbocycles. The van der Waals surface area contributed by atoms with Crippen LogP contribution >= 0.6 is 0 Å². The van der Waals surface area contributed by atoms with E-state index in [1.807, 2.05) is 68.4 Å². The zero-order valence-electron chi connectivity index (χ0n) is 16.5. The highest BCUT2D eigenvalue weighted by atomic mass is 16.5. The molecule has 5 heteroatoms. The van der Waals surface area contributed by atoms with Crippen molar-refractivity contribution < 1.29 is 14.4 Å². The molecular formula is C25H18N2O3. The lowest BCUT2D eigenvalue weighted by molar-refractivity contribution is 0.0699. The number of rotatable bonds is 3. The number of carboxylic acids is 1. The van der Waals surface area contributed by atoms with Crippen LogP contribution in [0.5, 0.6) is 0 Å². The van der Waals surface area contributed by atoms with Crippen LogP contribution in [-0.4, -0.2) is 21.2 Å². The highest BCUT2D eigenvalue weighted by molar-refractivity contribution is 6.05. The third-order valence-corrected chi connectivity index (χ3v) is 5.36. The predicted octanol–water partition coefficient (Wildman–Crippen LogP) is 6.03. The minimum Gasteiger partial charge on any atom is -0.478 e. The average molecular weight is 394 g/mol. The van der Waals surface area contributed by atoms with Gasteiger partial charge in [0.15, 0.2) is 5.76 Å². The maximum atomic E-state index is 11.9. The molecule has 0 fully saturated rings. The van der Waals surface area contributed by atoms with Crippen molar-refractivity contribution in [1.29, 1.82) is 0 Å². The SMILES string of the molecule is Cc1ccc(-c2onc3ccc(-c4cc(C(=O)O)c5cccc(C)c5n4)cc23)cc1. The van der Waals surface area contributed by atoms with Crippen molar-refractivity contribution in [1.82, 2.24) is 10.1 Å². The zero-order valence-corrected chi connectivity index (χ0v) is 16.5. The normalized spacial score (nSPS) is 11.3. The van der Waals surface area contributed by atoms with Crippen LogP contribution in [0.4, 0.5) is 0 Å². The molecule has 0 bridgehead atoms. The summed E-state index contributed by atoms with van der Waals surface area (Å²) in [5, 5.41) is 15.4. The molecule has 30 heavy (non-hydrogen) atoms. The summed E-state index contributed by atoms with van der Waals surface area (Å²) < 4.78 is 5.62. The Morgan fingerprint density at radius 2 is 1.67 bits per heavy atom. The lowest BCUT2D eigenvalue weighted by Crippen LogP contribution is -2.01. The van der Waals surface area contributed by atoms with E-state index in [4.69, 9.17) is 9.51 Å². The topological polar surface area (TPSA) is 76.2 Å². The molecule has 0 saturated carbocycles. The standard InChI is InChI=1S/C25H18N2O3/c1-14-6-8-16(9-7-14)24-20-12-17(10-11-21(20)27-30-24)22-13-19(25(28)29)18-5-3-4-15(2)23(18)26-22/h3-13H,1-2H3,(H,28,29). The van der Waals surface area contributed by atoms with Crippen molar-refractivity contribution in [3.8, 4) is 22.6 Å². The Bertz CT molecular complexity index is 1430. The minimum absolute atomic E-state index is 0.239. The summed E-state index contributed by atoms with van der Waals surface area (Å²) in [6.07, 6.45) is 0. The largest absolute Gasteiger partial charge is 0.478 e. The van der Waals surface area contributed by atoms with Crippen LogP contribution in [0.1, 0.15) is 21.5 Å². The smallest absolute Gasteiger partial charge is 0.336 e. The van der Waals surface area contributed by atoms with E-state index >= 15 is 0 Å². The van der Waals surface area contributed by atoms with E-state index in [-0.39, 0.29) is 5.56 Å². The number of nitrogens with zero attached hydrogens (tertiary/aromatic N) is 2. The Morgan fingerprint density at radius 1 is 0.900 bits per heavy atom. The molecular weight excluding hydrogens is 376 g/mol. The maximum absolute atomic E-state index is 11.9. The first-order valence-corrected chi connectivity index (χ1v) is 9.62. The van der Waals surface area contributed by atoms with Gasteiger partial charge in [0.05, 0.1) is 22.2 Å². The minimum atomic E-state index is -0.972. The molecule has 0 atom stereocenters. The van der Waals surface area contributed by atoms with E-state index in [0.717, 1.165) is 27.6 Å². The van der Waals surface area contributed by atoms with Gasteiger partial charge in [0, 0.05) is 16.5 Å². The summed E-state index contributed by atoms with van der Waals surface area (Å²) in [5.41, 5.74) is 6.13. The van der Waals surface area contributed by atoms with E-state index in [1.165, 1.54) is 5.56 Å². The Morgan fingerprint density at radius 3 is 2.43 bits per heavy atom. The van der Waals surface area contributed by atoms with Crippen molar-refractivity contribution >= 4 is 27.8 Å². The lowest BCUT2D eigenvalue weighted by atomic mass is 10.00. The van der Waals surface area contributed by atoms with Gasteiger partial charge in [-0.3, -0.25) is 0 Å². The third-order valence-electron chi connectivity index (χ3n) is 5.36. The number of aryl methyl sites for hydroxylation is 2. The summed E-state index contributed by atoms with van der Waals surface area (Å²) in [5.74, 6) is -0.289. The van der Waals surface area contributed by atoms with Gasteiger partial charge >= 0.3 is 5.97 Å². The number of pyridine rings is 1. The molecule has 0 aliphatic heterocycles. The van der Waals surface area contributed by atoms with Crippen molar-refractivity contribution in [3.05, 3.63) is 83.4 Å². The number of para-hydroxylation sites is 1. The number of hydrogen-bond acceptors (Lipinski definition) is 4. The molecule has 0 radical (unpaired) electrons. The van der Waals surface area contributed by atoms with Crippen LogP contribution < -0.4 is 0 Å². The number of aromatic carboxylic acids is 1. The summed E-state index contributed by atoms with van der Waals surface area (Å²) in [4.78, 5) is 16.7. The first-order chi connectivity index (χ1) is 14.5. The van der Waals surface area contributed by atoms with Gasteiger partial charge in [0.25, 0.3) is 0 Å². The van der Waals surface area contributed by atoms with Crippen molar-refractivity contribution in [2.45, 2.75) is 13.8 Å². The van der Waals surface area contributed by atoms with Gasteiger partial charge < -0.3 is 9.63 Å². The van der Waals surface area contributed by atoms with Crippen LogP contribution in [0.2, 0.25) is 0 Å². The Balaban J connectivity index is 1.73. The molecule has 0 saturated heterocycles. The highest BCUT2D eigenvalue weighted by Gasteiger charge is 2.16. The third kappa shape index (κ3) is 2.92.